The Kier molecular flexibility index (Phi) is 4.27. The highest BCUT2D eigenvalue weighted by Gasteiger charge is 2.31. The average Bonchev–Trinajstić information content (AvgIpc) is 2.37. The predicted molar refractivity (Wildman–Crippen MR) is 70.4 cm³/mol. The van der Waals surface area contributed by atoms with E-state index >= 15 is 0 Å². The minimum absolute atomic E-state index is 0.0959. The monoisotopic (exact) mass is 321 g/mol. The summed E-state index contributed by atoms with van der Waals surface area (Å²) in [5, 5.41) is 0. The van der Waals surface area contributed by atoms with E-state index in [0.717, 1.165) is 12.1 Å². The zero-order valence-corrected chi connectivity index (χ0v) is 11.9. The molecule has 0 spiro atoms. The lowest BCUT2D eigenvalue weighted by Crippen LogP contribution is -2.44. The van der Waals surface area contributed by atoms with Crippen molar-refractivity contribution in [2.24, 2.45) is 0 Å². The maximum atomic E-state index is 12.6. The number of hydrogen-bond acceptors (Lipinski definition) is 3. The molecule has 1 amide bonds. The maximum absolute atomic E-state index is 12.6. The summed E-state index contributed by atoms with van der Waals surface area (Å²) in [5.41, 5.74) is -0.530. The van der Waals surface area contributed by atoms with Gasteiger partial charge in [-0.2, -0.15) is 13.2 Å². The van der Waals surface area contributed by atoms with Crippen LogP contribution in [0.5, 0.6) is 0 Å². The fourth-order valence-electron chi connectivity index (χ4n) is 2.11. The van der Waals surface area contributed by atoms with Crippen molar-refractivity contribution in [2.75, 3.05) is 24.6 Å². The smallest absolute Gasteiger partial charge is 0.340 e. The standard InChI is InChI=1S/C13H14F3NO3S/c14-13(15,16)11-3-1-2-10(8-11)9-12(18)17-4-6-21(19,20)7-5-17/h1-3,8H,4-7,9H2. The lowest BCUT2D eigenvalue weighted by Gasteiger charge is -2.26. The van der Waals surface area contributed by atoms with Crippen molar-refractivity contribution in [1.82, 2.24) is 4.90 Å². The van der Waals surface area contributed by atoms with Crippen LogP contribution in [0.15, 0.2) is 24.3 Å². The van der Waals surface area contributed by atoms with E-state index in [9.17, 15) is 26.4 Å². The summed E-state index contributed by atoms with van der Waals surface area (Å²) < 4.78 is 60.3. The number of alkyl halides is 3. The van der Waals surface area contributed by atoms with Gasteiger partial charge < -0.3 is 4.90 Å². The molecule has 0 bridgehead atoms. The quantitative estimate of drug-likeness (QED) is 0.829. The van der Waals surface area contributed by atoms with Gasteiger partial charge in [0.2, 0.25) is 5.91 Å². The molecule has 1 aliphatic heterocycles. The van der Waals surface area contributed by atoms with Crippen molar-refractivity contribution in [3.05, 3.63) is 35.4 Å². The number of halogens is 3. The molecule has 0 saturated carbocycles. The first-order valence-electron chi connectivity index (χ1n) is 6.32. The second-order valence-electron chi connectivity index (χ2n) is 4.91. The van der Waals surface area contributed by atoms with Crippen molar-refractivity contribution in [2.45, 2.75) is 12.6 Å². The largest absolute Gasteiger partial charge is 0.416 e. The van der Waals surface area contributed by atoms with E-state index < -0.39 is 21.6 Å². The summed E-state index contributed by atoms with van der Waals surface area (Å²) in [5.74, 6) is -0.549. The van der Waals surface area contributed by atoms with Gasteiger partial charge in [-0.05, 0) is 11.6 Å². The third-order valence-electron chi connectivity index (χ3n) is 3.31. The van der Waals surface area contributed by atoms with Crippen molar-refractivity contribution in [3.8, 4) is 0 Å². The molecule has 0 unspecified atom stereocenters. The second kappa shape index (κ2) is 5.67. The van der Waals surface area contributed by atoms with Crippen molar-refractivity contribution < 1.29 is 26.4 Å². The fourth-order valence-corrected chi connectivity index (χ4v) is 3.31. The van der Waals surface area contributed by atoms with Gasteiger partial charge >= 0.3 is 6.18 Å². The summed E-state index contributed by atoms with van der Waals surface area (Å²) in [6.45, 7) is 0.195. The van der Waals surface area contributed by atoms with Crippen LogP contribution in [0, 0.1) is 0 Å². The SMILES string of the molecule is O=C(Cc1cccc(C(F)(F)F)c1)N1CCS(=O)(=O)CC1. The molecular weight excluding hydrogens is 307 g/mol. The molecule has 1 saturated heterocycles. The van der Waals surface area contributed by atoms with Gasteiger partial charge in [-0.3, -0.25) is 4.79 Å². The van der Waals surface area contributed by atoms with Crippen LogP contribution >= 0.6 is 0 Å². The Hall–Kier alpha value is -1.57. The Labute approximate surface area is 120 Å². The second-order valence-corrected chi connectivity index (χ2v) is 7.21. The van der Waals surface area contributed by atoms with E-state index in [1.54, 1.807) is 0 Å². The van der Waals surface area contributed by atoms with Crippen molar-refractivity contribution >= 4 is 15.7 Å². The van der Waals surface area contributed by atoms with Crippen LogP contribution < -0.4 is 0 Å². The molecule has 0 atom stereocenters. The zero-order valence-electron chi connectivity index (χ0n) is 11.1. The number of sulfone groups is 1. The Balaban J connectivity index is 2.04. The molecule has 0 radical (unpaired) electrons. The highest BCUT2D eigenvalue weighted by molar-refractivity contribution is 7.91. The molecule has 2 rings (SSSR count). The summed E-state index contributed by atoms with van der Waals surface area (Å²) in [7, 11) is -3.09. The first-order chi connectivity index (χ1) is 9.67. The molecule has 1 aliphatic rings. The normalized spacial score (nSPS) is 18.5. The molecule has 0 aliphatic carbocycles. The van der Waals surface area contributed by atoms with Crippen LogP contribution in [0.1, 0.15) is 11.1 Å². The molecule has 1 heterocycles. The number of carbonyl (C=O) groups excluding carboxylic acids is 1. The fraction of sp³-hybridized carbons (Fsp3) is 0.462. The number of hydrogen-bond donors (Lipinski definition) is 0. The molecular formula is C13H14F3NO3S. The number of nitrogens with zero attached hydrogens (tertiary/aromatic N) is 1. The topological polar surface area (TPSA) is 54.5 Å². The van der Waals surface area contributed by atoms with Gasteiger partial charge in [0.1, 0.15) is 0 Å². The Bertz CT molecular complexity index is 626. The van der Waals surface area contributed by atoms with Gasteiger partial charge in [-0.1, -0.05) is 18.2 Å². The van der Waals surface area contributed by atoms with E-state index in [4.69, 9.17) is 0 Å². The number of benzene rings is 1. The Morgan fingerprint density at radius 3 is 2.38 bits per heavy atom. The molecule has 4 nitrogen and oxygen atoms in total. The van der Waals surface area contributed by atoms with Crippen LogP contribution in [-0.2, 0) is 27.2 Å². The summed E-state index contributed by atoms with van der Waals surface area (Å²) in [6, 6.07) is 4.60. The maximum Gasteiger partial charge on any atom is 0.416 e. The lowest BCUT2D eigenvalue weighted by molar-refractivity contribution is -0.138. The van der Waals surface area contributed by atoms with Crippen molar-refractivity contribution in [3.63, 3.8) is 0 Å². The van der Waals surface area contributed by atoms with Crippen LogP contribution in [-0.4, -0.2) is 43.8 Å². The van der Waals surface area contributed by atoms with Gasteiger partial charge in [0.05, 0.1) is 23.5 Å². The molecule has 21 heavy (non-hydrogen) atoms. The number of carbonyl (C=O) groups is 1. The van der Waals surface area contributed by atoms with E-state index in [1.165, 1.54) is 17.0 Å². The molecule has 1 aromatic rings. The van der Waals surface area contributed by atoms with Crippen molar-refractivity contribution in [1.29, 1.82) is 0 Å². The highest BCUT2D eigenvalue weighted by Crippen LogP contribution is 2.29. The van der Waals surface area contributed by atoms with Gasteiger partial charge in [-0.15, -0.1) is 0 Å². The van der Waals surface area contributed by atoms with Gasteiger partial charge in [-0.25, -0.2) is 8.42 Å². The molecule has 0 N–H and O–H groups in total. The third kappa shape index (κ3) is 4.20. The summed E-state index contributed by atoms with van der Waals surface area (Å²) in [4.78, 5) is 13.4. The van der Waals surface area contributed by atoms with E-state index in [0.29, 0.717) is 0 Å². The van der Waals surface area contributed by atoms with E-state index in [1.807, 2.05) is 0 Å². The third-order valence-corrected chi connectivity index (χ3v) is 4.92. The molecule has 116 valence electrons. The minimum Gasteiger partial charge on any atom is -0.340 e. The summed E-state index contributed by atoms with van der Waals surface area (Å²) >= 11 is 0. The van der Waals surface area contributed by atoms with Gasteiger partial charge in [0, 0.05) is 13.1 Å². The molecule has 1 fully saturated rings. The van der Waals surface area contributed by atoms with Crippen LogP contribution in [0.25, 0.3) is 0 Å². The summed E-state index contributed by atoms with van der Waals surface area (Å²) in [6.07, 6.45) is -4.61. The van der Waals surface area contributed by atoms with Gasteiger partial charge in [0.15, 0.2) is 9.84 Å². The lowest BCUT2D eigenvalue weighted by atomic mass is 10.1. The number of rotatable bonds is 2. The van der Waals surface area contributed by atoms with E-state index in [-0.39, 0.29) is 42.5 Å². The highest BCUT2D eigenvalue weighted by atomic mass is 32.2. The number of amides is 1. The molecule has 8 heteroatoms. The van der Waals surface area contributed by atoms with Crippen LogP contribution in [0.3, 0.4) is 0 Å². The van der Waals surface area contributed by atoms with Crippen LogP contribution in [0.4, 0.5) is 13.2 Å². The first kappa shape index (κ1) is 15.8. The molecule has 0 aromatic heterocycles. The zero-order chi connectivity index (χ0) is 15.7. The first-order valence-corrected chi connectivity index (χ1v) is 8.14. The minimum atomic E-state index is -4.45. The predicted octanol–water partition coefficient (Wildman–Crippen LogP) is 1.50. The van der Waals surface area contributed by atoms with Gasteiger partial charge in [0.25, 0.3) is 0 Å². The average molecular weight is 321 g/mol. The Morgan fingerprint density at radius 2 is 1.81 bits per heavy atom. The Morgan fingerprint density at radius 1 is 1.19 bits per heavy atom. The molecule has 1 aromatic carbocycles. The van der Waals surface area contributed by atoms with E-state index in [2.05, 4.69) is 0 Å². The van der Waals surface area contributed by atoms with Crippen LogP contribution in [0.2, 0.25) is 0 Å².